The Morgan fingerprint density at radius 2 is 1.27 bits per heavy atom. The maximum absolute atomic E-state index is 4.70. The van der Waals surface area contributed by atoms with Crippen LogP contribution in [0, 0.1) is 0 Å². The quantitative estimate of drug-likeness (QED) is 0.563. The average Bonchev–Trinajstić information content (AvgIpc) is 2.71. The normalized spacial score (nSPS) is 9.12. The standard InChI is InChI=1S/C19H17N3.2C2H6/c1-14(2)20-18-13-17(15-9-5-3-6-10-15)21-19(22-18)16-11-7-4-8-12-16;2*1-2/h3-13H,1H2,2H3,(H,20,21,22);2*1-2H3. The summed E-state index contributed by atoms with van der Waals surface area (Å²) in [6.07, 6.45) is 0. The lowest BCUT2D eigenvalue weighted by atomic mass is 10.1. The van der Waals surface area contributed by atoms with Gasteiger partial charge in [0.25, 0.3) is 0 Å². The van der Waals surface area contributed by atoms with Crippen LogP contribution in [0.2, 0.25) is 0 Å². The number of anilines is 1. The van der Waals surface area contributed by atoms with Crippen LogP contribution in [0.3, 0.4) is 0 Å². The molecule has 3 nitrogen and oxygen atoms in total. The summed E-state index contributed by atoms with van der Waals surface area (Å²) in [6, 6.07) is 22.0. The van der Waals surface area contributed by atoms with Crippen LogP contribution in [0.5, 0.6) is 0 Å². The van der Waals surface area contributed by atoms with Crippen LogP contribution < -0.4 is 5.32 Å². The molecular weight excluding hydrogens is 318 g/mol. The van der Waals surface area contributed by atoms with Gasteiger partial charge in [-0.25, -0.2) is 9.97 Å². The molecule has 0 bridgehead atoms. The maximum atomic E-state index is 4.70. The zero-order valence-electron chi connectivity index (χ0n) is 16.5. The Labute approximate surface area is 157 Å². The molecule has 3 heteroatoms. The fourth-order valence-electron chi connectivity index (χ4n) is 2.20. The topological polar surface area (TPSA) is 37.8 Å². The predicted molar refractivity (Wildman–Crippen MR) is 114 cm³/mol. The lowest BCUT2D eigenvalue weighted by Gasteiger charge is -2.10. The first-order chi connectivity index (χ1) is 12.7. The fourth-order valence-corrected chi connectivity index (χ4v) is 2.20. The van der Waals surface area contributed by atoms with Crippen LogP contribution in [0.25, 0.3) is 22.6 Å². The van der Waals surface area contributed by atoms with E-state index in [9.17, 15) is 0 Å². The van der Waals surface area contributed by atoms with E-state index in [-0.39, 0.29) is 0 Å². The number of nitrogens with zero attached hydrogens (tertiary/aromatic N) is 2. The van der Waals surface area contributed by atoms with E-state index >= 15 is 0 Å². The van der Waals surface area contributed by atoms with Gasteiger partial charge in [0.1, 0.15) is 5.82 Å². The number of nitrogens with one attached hydrogen (secondary N) is 1. The third kappa shape index (κ3) is 6.17. The van der Waals surface area contributed by atoms with Gasteiger partial charge in [0.2, 0.25) is 0 Å². The van der Waals surface area contributed by atoms with Crippen molar-refractivity contribution < 1.29 is 0 Å². The van der Waals surface area contributed by atoms with Gasteiger partial charge in [0, 0.05) is 22.9 Å². The summed E-state index contributed by atoms with van der Waals surface area (Å²) in [4.78, 5) is 9.29. The van der Waals surface area contributed by atoms with E-state index in [1.165, 1.54) is 0 Å². The second-order valence-electron chi connectivity index (χ2n) is 5.10. The van der Waals surface area contributed by atoms with Gasteiger partial charge in [-0.2, -0.15) is 0 Å². The Bertz CT molecular complexity index is 723. The van der Waals surface area contributed by atoms with Crippen molar-refractivity contribution in [3.63, 3.8) is 0 Å². The van der Waals surface area contributed by atoms with E-state index in [0.29, 0.717) is 5.82 Å². The zero-order valence-corrected chi connectivity index (χ0v) is 16.5. The Balaban J connectivity index is 0.000000791. The number of hydrogen-bond donors (Lipinski definition) is 1. The molecule has 0 unspecified atom stereocenters. The third-order valence-corrected chi connectivity index (χ3v) is 3.17. The molecule has 0 saturated heterocycles. The van der Waals surface area contributed by atoms with Crippen molar-refractivity contribution >= 4 is 5.82 Å². The van der Waals surface area contributed by atoms with Gasteiger partial charge >= 0.3 is 0 Å². The highest BCUT2D eigenvalue weighted by Crippen LogP contribution is 2.24. The molecule has 0 aliphatic heterocycles. The largest absolute Gasteiger partial charge is 0.345 e. The number of rotatable bonds is 4. The lowest BCUT2D eigenvalue weighted by Crippen LogP contribution is -2.01. The summed E-state index contributed by atoms with van der Waals surface area (Å²) >= 11 is 0. The number of aromatic nitrogens is 2. The molecule has 136 valence electrons. The molecule has 1 aromatic heterocycles. The number of benzene rings is 2. The molecule has 3 aromatic rings. The Kier molecular flexibility index (Phi) is 9.40. The van der Waals surface area contributed by atoms with Gasteiger partial charge in [0.15, 0.2) is 5.82 Å². The first-order valence-corrected chi connectivity index (χ1v) is 9.15. The molecule has 0 saturated carbocycles. The van der Waals surface area contributed by atoms with Crippen molar-refractivity contribution in [2.75, 3.05) is 5.32 Å². The highest BCUT2D eigenvalue weighted by atomic mass is 15.0. The van der Waals surface area contributed by atoms with E-state index in [1.54, 1.807) is 0 Å². The average molecular weight is 348 g/mol. The molecule has 2 aromatic carbocycles. The zero-order chi connectivity index (χ0) is 19.4. The summed E-state index contributed by atoms with van der Waals surface area (Å²) in [5.74, 6) is 1.45. The van der Waals surface area contributed by atoms with Crippen molar-refractivity contribution in [1.29, 1.82) is 0 Å². The first-order valence-electron chi connectivity index (χ1n) is 9.15. The molecular formula is C23H29N3. The molecule has 3 rings (SSSR count). The SMILES string of the molecule is C=C(C)Nc1cc(-c2ccccc2)nc(-c2ccccc2)n1.CC.CC. The third-order valence-electron chi connectivity index (χ3n) is 3.17. The van der Waals surface area contributed by atoms with Crippen molar-refractivity contribution in [2.24, 2.45) is 0 Å². The summed E-state index contributed by atoms with van der Waals surface area (Å²) in [5, 5.41) is 3.18. The van der Waals surface area contributed by atoms with Gasteiger partial charge in [-0.1, -0.05) is 94.9 Å². The molecule has 0 atom stereocenters. The first kappa shape index (κ1) is 21.1. The van der Waals surface area contributed by atoms with E-state index < -0.39 is 0 Å². The van der Waals surface area contributed by atoms with Crippen LogP contribution in [-0.2, 0) is 0 Å². The van der Waals surface area contributed by atoms with Gasteiger partial charge in [-0.05, 0) is 6.92 Å². The number of allylic oxidation sites excluding steroid dienone is 1. The van der Waals surface area contributed by atoms with Crippen molar-refractivity contribution in [2.45, 2.75) is 34.6 Å². The van der Waals surface area contributed by atoms with Crippen LogP contribution in [-0.4, -0.2) is 9.97 Å². The monoisotopic (exact) mass is 347 g/mol. The number of hydrogen-bond acceptors (Lipinski definition) is 3. The van der Waals surface area contributed by atoms with Crippen LogP contribution in [0.15, 0.2) is 79.0 Å². The van der Waals surface area contributed by atoms with Crippen molar-refractivity contribution in [3.05, 3.63) is 79.0 Å². The highest BCUT2D eigenvalue weighted by Gasteiger charge is 2.08. The molecule has 0 spiro atoms. The van der Waals surface area contributed by atoms with Crippen LogP contribution in [0.1, 0.15) is 34.6 Å². The van der Waals surface area contributed by atoms with Gasteiger partial charge < -0.3 is 5.32 Å². The minimum Gasteiger partial charge on any atom is -0.345 e. The van der Waals surface area contributed by atoms with Gasteiger partial charge in [-0.15, -0.1) is 0 Å². The second kappa shape index (κ2) is 11.6. The molecule has 1 heterocycles. The highest BCUT2D eigenvalue weighted by molar-refractivity contribution is 5.67. The summed E-state index contributed by atoms with van der Waals surface area (Å²) in [7, 11) is 0. The van der Waals surface area contributed by atoms with E-state index in [0.717, 1.165) is 28.3 Å². The Hall–Kier alpha value is -2.94. The summed E-state index contributed by atoms with van der Waals surface area (Å²) in [6.45, 7) is 13.8. The Morgan fingerprint density at radius 1 is 0.769 bits per heavy atom. The van der Waals surface area contributed by atoms with Gasteiger partial charge in [-0.3, -0.25) is 0 Å². The van der Waals surface area contributed by atoms with Crippen molar-refractivity contribution in [3.8, 4) is 22.6 Å². The summed E-state index contributed by atoms with van der Waals surface area (Å²) in [5.41, 5.74) is 3.78. The fraction of sp³-hybridized carbons (Fsp3) is 0.217. The minimum atomic E-state index is 0.700. The summed E-state index contributed by atoms with van der Waals surface area (Å²) < 4.78 is 0. The molecule has 0 aliphatic rings. The molecule has 26 heavy (non-hydrogen) atoms. The molecule has 0 radical (unpaired) electrons. The molecule has 1 N–H and O–H groups in total. The molecule has 0 amide bonds. The molecule has 0 fully saturated rings. The smallest absolute Gasteiger partial charge is 0.162 e. The Morgan fingerprint density at radius 3 is 1.77 bits per heavy atom. The van der Waals surface area contributed by atoms with Gasteiger partial charge in [0.05, 0.1) is 5.69 Å². The van der Waals surface area contributed by atoms with E-state index in [4.69, 9.17) is 4.98 Å². The predicted octanol–water partition coefficient (Wildman–Crippen LogP) is 6.81. The van der Waals surface area contributed by atoms with E-state index in [1.807, 2.05) is 101 Å². The lowest BCUT2D eigenvalue weighted by molar-refractivity contribution is 1.16. The maximum Gasteiger partial charge on any atom is 0.162 e. The second-order valence-corrected chi connectivity index (χ2v) is 5.10. The van der Waals surface area contributed by atoms with Crippen LogP contribution >= 0.6 is 0 Å². The minimum absolute atomic E-state index is 0.700. The van der Waals surface area contributed by atoms with E-state index in [2.05, 4.69) is 16.9 Å². The van der Waals surface area contributed by atoms with Crippen molar-refractivity contribution in [1.82, 2.24) is 9.97 Å². The molecule has 0 aliphatic carbocycles. The van der Waals surface area contributed by atoms with Crippen LogP contribution in [0.4, 0.5) is 5.82 Å².